The Kier molecular flexibility index (Phi) is 7.10. The molecule has 1 aromatic heterocycles. The first-order chi connectivity index (χ1) is 16.1. The zero-order valence-electron chi connectivity index (χ0n) is 18.9. The van der Waals surface area contributed by atoms with E-state index in [1.165, 1.54) is 22.9 Å². The molecule has 1 N–H and O–H groups in total. The van der Waals surface area contributed by atoms with Gasteiger partial charge in [0.2, 0.25) is 0 Å². The van der Waals surface area contributed by atoms with E-state index in [2.05, 4.69) is 41.5 Å². The number of hydrogen-bond donors (Lipinski definition) is 1. The van der Waals surface area contributed by atoms with Crippen LogP contribution in [0.2, 0.25) is 0 Å². The van der Waals surface area contributed by atoms with Gasteiger partial charge in [0.25, 0.3) is 0 Å². The van der Waals surface area contributed by atoms with Gasteiger partial charge in [0, 0.05) is 11.3 Å². The highest BCUT2D eigenvalue weighted by Gasteiger charge is 2.19. The summed E-state index contributed by atoms with van der Waals surface area (Å²) in [6.45, 7) is 4.64. The van der Waals surface area contributed by atoms with E-state index in [1.807, 2.05) is 65.2 Å². The van der Waals surface area contributed by atoms with Gasteiger partial charge in [-0.2, -0.15) is 0 Å². The molecule has 0 radical (unpaired) electrons. The lowest BCUT2D eigenvalue weighted by Crippen LogP contribution is -2.11. The van der Waals surface area contributed by atoms with Gasteiger partial charge in [-0.25, -0.2) is 0 Å². The molecule has 3 aromatic carbocycles. The maximum atomic E-state index is 12.7. The molecule has 0 saturated heterocycles. The van der Waals surface area contributed by atoms with Gasteiger partial charge in [0.15, 0.2) is 16.8 Å². The number of methoxy groups -OCH3 is 1. The Labute approximate surface area is 198 Å². The molecule has 0 unspecified atom stereocenters. The molecule has 0 spiro atoms. The number of ether oxygens (including phenoxy) is 1. The number of ketones is 1. The molecule has 0 bridgehead atoms. The van der Waals surface area contributed by atoms with Crippen molar-refractivity contribution >= 4 is 23.2 Å². The number of Topliss-reactive ketones (excluding diaryl/α,β-unsaturated/α-hetero) is 1. The van der Waals surface area contributed by atoms with Gasteiger partial charge >= 0.3 is 0 Å². The Bertz CT molecular complexity index is 1230. The monoisotopic (exact) mass is 458 g/mol. The first-order valence-electron chi connectivity index (χ1n) is 10.7. The van der Waals surface area contributed by atoms with Crippen LogP contribution in [0, 0.1) is 13.8 Å². The number of aryl methyl sites for hydroxylation is 2. The Morgan fingerprint density at radius 1 is 0.939 bits per heavy atom. The van der Waals surface area contributed by atoms with Gasteiger partial charge in [-0.3, -0.25) is 9.36 Å². The van der Waals surface area contributed by atoms with Gasteiger partial charge in [-0.05, 0) is 37.1 Å². The summed E-state index contributed by atoms with van der Waals surface area (Å²) in [5, 5.41) is 13.0. The number of nitrogens with zero attached hydrogens (tertiary/aromatic N) is 3. The van der Waals surface area contributed by atoms with Crippen LogP contribution in [0.25, 0.3) is 5.69 Å². The maximum absolute atomic E-state index is 12.7. The average Bonchev–Trinajstić information content (AvgIpc) is 3.25. The number of aromatic nitrogens is 3. The van der Waals surface area contributed by atoms with Crippen LogP contribution in [0.5, 0.6) is 5.75 Å². The lowest BCUT2D eigenvalue weighted by Gasteiger charge is -2.16. The molecule has 0 amide bonds. The molecular formula is C26H26N4O2S. The molecule has 4 aromatic rings. The molecule has 168 valence electrons. The third kappa shape index (κ3) is 5.09. The van der Waals surface area contributed by atoms with Gasteiger partial charge in [-0.1, -0.05) is 72.4 Å². The number of thioether (sulfide) groups is 1. The first kappa shape index (κ1) is 22.6. The Hall–Kier alpha value is -3.58. The zero-order valence-corrected chi connectivity index (χ0v) is 19.7. The van der Waals surface area contributed by atoms with Crippen LogP contribution in [0.4, 0.5) is 5.69 Å². The minimum atomic E-state index is 0.0467. The number of nitrogens with one attached hydrogen (secondary N) is 1. The number of para-hydroxylation sites is 3. The van der Waals surface area contributed by atoms with Crippen LogP contribution in [-0.2, 0) is 6.54 Å². The summed E-state index contributed by atoms with van der Waals surface area (Å²) in [5.74, 6) is 1.76. The minimum Gasteiger partial charge on any atom is -0.495 e. The van der Waals surface area contributed by atoms with E-state index in [9.17, 15) is 4.79 Å². The van der Waals surface area contributed by atoms with Crippen molar-refractivity contribution in [2.45, 2.75) is 25.5 Å². The van der Waals surface area contributed by atoms with Crippen LogP contribution >= 0.6 is 11.8 Å². The van der Waals surface area contributed by atoms with Gasteiger partial charge in [-0.15, -0.1) is 10.2 Å². The highest BCUT2D eigenvalue weighted by Crippen LogP contribution is 2.30. The topological polar surface area (TPSA) is 69.0 Å². The largest absolute Gasteiger partial charge is 0.495 e. The standard InChI is InChI=1S/C26H26N4O2S/c1-18-10-9-11-19(2)25(18)27-16-24-28-29-26(30(24)21-14-7-8-15-23(21)32-3)33-17-22(31)20-12-5-4-6-13-20/h4-15,27H,16-17H2,1-3H3. The number of carbonyl (C=O) groups excluding carboxylic acids is 1. The molecule has 4 rings (SSSR count). The van der Waals surface area contributed by atoms with Crippen molar-refractivity contribution in [3.05, 3.63) is 95.3 Å². The van der Waals surface area contributed by atoms with Crippen molar-refractivity contribution in [3.8, 4) is 11.4 Å². The van der Waals surface area contributed by atoms with E-state index in [0.717, 1.165) is 17.2 Å². The predicted octanol–water partition coefficient (Wildman–Crippen LogP) is 5.48. The summed E-state index contributed by atoms with van der Waals surface area (Å²) in [6.07, 6.45) is 0. The molecule has 1 heterocycles. The predicted molar refractivity (Wildman–Crippen MR) is 133 cm³/mol. The Balaban J connectivity index is 1.64. The maximum Gasteiger partial charge on any atom is 0.196 e. The number of carbonyl (C=O) groups is 1. The smallest absolute Gasteiger partial charge is 0.196 e. The fourth-order valence-corrected chi connectivity index (χ4v) is 4.52. The molecule has 0 aliphatic carbocycles. The molecule has 33 heavy (non-hydrogen) atoms. The number of hydrogen-bond acceptors (Lipinski definition) is 6. The van der Waals surface area contributed by atoms with Gasteiger partial charge in [0.1, 0.15) is 5.75 Å². The van der Waals surface area contributed by atoms with E-state index in [1.54, 1.807) is 7.11 Å². The summed E-state index contributed by atoms with van der Waals surface area (Å²) in [5.41, 5.74) is 4.94. The lowest BCUT2D eigenvalue weighted by atomic mass is 10.1. The summed E-state index contributed by atoms with van der Waals surface area (Å²) in [4.78, 5) is 12.7. The van der Waals surface area contributed by atoms with Crippen LogP contribution < -0.4 is 10.1 Å². The highest BCUT2D eigenvalue weighted by molar-refractivity contribution is 7.99. The Morgan fingerprint density at radius 2 is 1.64 bits per heavy atom. The minimum absolute atomic E-state index is 0.0467. The van der Waals surface area contributed by atoms with Gasteiger partial charge < -0.3 is 10.1 Å². The lowest BCUT2D eigenvalue weighted by molar-refractivity contribution is 0.102. The Morgan fingerprint density at radius 3 is 2.36 bits per heavy atom. The second-order valence-corrected chi connectivity index (χ2v) is 8.55. The van der Waals surface area contributed by atoms with Crippen LogP contribution in [0.15, 0.2) is 78.0 Å². The second-order valence-electron chi connectivity index (χ2n) is 7.60. The average molecular weight is 459 g/mol. The van der Waals surface area contributed by atoms with Crippen molar-refractivity contribution in [2.75, 3.05) is 18.2 Å². The second kappa shape index (κ2) is 10.4. The van der Waals surface area contributed by atoms with Crippen LogP contribution in [0.1, 0.15) is 27.3 Å². The van der Waals surface area contributed by atoms with Crippen LogP contribution in [0.3, 0.4) is 0 Å². The van der Waals surface area contributed by atoms with E-state index >= 15 is 0 Å². The summed E-state index contributed by atoms with van der Waals surface area (Å²) in [7, 11) is 1.64. The molecule has 0 aliphatic heterocycles. The van der Waals surface area contributed by atoms with Crippen molar-refractivity contribution in [2.24, 2.45) is 0 Å². The zero-order chi connectivity index (χ0) is 23.2. The summed E-state index contributed by atoms with van der Waals surface area (Å²) < 4.78 is 7.56. The molecular weight excluding hydrogens is 432 g/mol. The number of anilines is 1. The van der Waals surface area contributed by atoms with E-state index < -0.39 is 0 Å². The van der Waals surface area contributed by atoms with E-state index in [0.29, 0.717) is 23.0 Å². The van der Waals surface area contributed by atoms with Crippen molar-refractivity contribution in [1.29, 1.82) is 0 Å². The fourth-order valence-electron chi connectivity index (χ4n) is 3.66. The highest BCUT2D eigenvalue weighted by atomic mass is 32.2. The first-order valence-corrected chi connectivity index (χ1v) is 11.7. The van der Waals surface area contributed by atoms with Crippen molar-refractivity contribution < 1.29 is 9.53 Å². The van der Waals surface area contributed by atoms with E-state index in [4.69, 9.17) is 4.74 Å². The van der Waals surface area contributed by atoms with Crippen molar-refractivity contribution in [3.63, 3.8) is 0 Å². The normalized spacial score (nSPS) is 10.8. The molecule has 7 heteroatoms. The number of rotatable bonds is 9. The third-order valence-corrected chi connectivity index (χ3v) is 6.29. The molecule has 0 fully saturated rings. The fraction of sp³-hybridized carbons (Fsp3) is 0.192. The molecule has 0 saturated carbocycles. The van der Waals surface area contributed by atoms with Crippen LogP contribution in [-0.4, -0.2) is 33.4 Å². The summed E-state index contributed by atoms with van der Waals surface area (Å²) in [6, 6.07) is 23.2. The van der Waals surface area contributed by atoms with E-state index in [-0.39, 0.29) is 11.5 Å². The third-order valence-electron chi connectivity index (χ3n) is 5.36. The van der Waals surface area contributed by atoms with Gasteiger partial charge in [0.05, 0.1) is 25.1 Å². The SMILES string of the molecule is COc1ccccc1-n1c(CNc2c(C)cccc2C)nnc1SCC(=O)c1ccccc1. The quantitative estimate of drug-likeness (QED) is 0.265. The summed E-state index contributed by atoms with van der Waals surface area (Å²) >= 11 is 1.37. The molecule has 0 atom stereocenters. The molecule has 0 aliphatic rings. The van der Waals surface area contributed by atoms with Crippen molar-refractivity contribution in [1.82, 2.24) is 14.8 Å². The number of benzene rings is 3. The molecule has 6 nitrogen and oxygen atoms in total.